The molecule has 0 N–H and O–H groups in total. The third-order valence-electron chi connectivity index (χ3n) is 2.56. The molecule has 0 bridgehead atoms. The molecule has 0 aromatic rings. The van der Waals surface area contributed by atoms with Crippen LogP contribution in [0.1, 0.15) is 0 Å². The molecule has 1 unspecified atom stereocenters. The fraction of sp³-hybridized carbons (Fsp3) is 0.900. The topological polar surface area (TPSA) is 72.9 Å². The van der Waals surface area contributed by atoms with Gasteiger partial charge in [0.25, 0.3) is 0 Å². The number of hydrogen-bond donors (Lipinski definition) is 0. The summed E-state index contributed by atoms with van der Waals surface area (Å²) >= 11 is 1.55. The molecule has 1 saturated heterocycles. The van der Waals surface area contributed by atoms with E-state index in [-0.39, 0.29) is 12.5 Å². The van der Waals surface area contributed by atoms with Gasteiger partial charge in [-0.15, -0.1) is 0 Å². The van der Waals surface area contributed by atoms with Crippen LogP contribution < -0.4 is 0 Å². The van der Waals surface area contributed by atoms with E-state index in [0.29, 0.717) is 25.5 Å². The molecule has 106 valence electrons. The minimum Gasteiger partial charge on any atom is -0.382 e. The maximum absolute atomic E-state index is 11.9. The summed E-state index contributed by atoms with van der Waals surface area (Å²) in [4.78, 5) is 13.3. The average Bonchev–Trinajstić information content (AvgIpc) is 2.33. The fourth-order valence-electron chi connectivity index (χ4n) is 1.61. The molecule has 0 aromatic heterocycles. The number of hydrogen-bond acceptors (Lipinski definition) is 6. The van der Waals surface area contributed by atoms with Gasteiger partial charge in [0, 0.05) is 31.4 Å². The van der Waals surface area contributed by atoms with Crippen molar-refractivity contribution in [2.24, 2.45) is 0 Å². The molecule has 0 aliphatic carbocycles. The van der Waals surface area contributed by atoms with Crippen LogP contribution in [0.3, 0.4) is 0 Å². The standard InChI is InChI=1S/C10H19NO5S2/c1-15-4-5-16-7-9(12)11-3-6-17-8-10(11)18(2,13)14/h10H,3-8H2,1-2H3. The van der Waals surface area contributed by atoms with Gasteiger partial charge in [-0.05, 0) is 0 Å². The van der Waals surface area contributed by atoms with Crippen LogP contribution in [0.15, 0.2) is 0 Å². The quantitative estimate of drug-likeness (QED) is 0.621. The summed E-state index contributed by atoms with van der Waals surface area (Å²) in [6.45, 7) is 1.10. The monoisotopic (exact) mass is 297 g/mol. The van der Waals surface area contributed by atoms with Crippen LogP contribution in [-0.2, 0) is 24.1 Å². The van der Waals surface area contributed by atoms with Gasteiger partial charge in [0.1, 0.15) is 12.0 Å². The van der Waals surface area contributed by atoms with Crippen molar-refractivity contribution < 1.29 is 22.7 Å². The summed E-state index contributed by atoms with van der Waals surface area (Å²) in [6.07, 6.45) is 1.16. The zero-order valence-electron chi connectivity index (χ0n) is 10.6. The summed E-state index contributed by atoms with van der Waals surface area (Å²) in [5.41, 5.74) is 0. The zero-order valence-corrected chi connectivity index (χ0v) is 12.3. The molecule has 1 aliphatic heterocycles. The number of nitrogens with zero attached hydrogens (tertiary/aromatic N) is 1. The van der Waals surface area contributed by atoms with E-state index < -0.39 is 15.2 Å². The first-order chi connectivity index (χ1) is 8.46. The largest absolute Gasteiger partial charge is 0.382 e. The number of ether oxygens (including phenoxy) is 2. The Hall–Kier alpha value is -0.310. The van der Waals surface area contributed by atoms with Crippen molar-refractivity contribution >= 4 is 27.5 Å². The van der Waals surface area contributed by atoms with E-state index in [1.165, 1.54) is 4.90 Å². The molecular formula is C10H19NO5S2. The van der Waals surface area contributed by atoms with Gasteiger partial charge in [0.15, 0.2) is 9.84 Å². The smallest absolute Gasteiger partial charge is 0.249 e. The first-order valence-electron chi connectivity index (χ1n) is 5.59. The summed E-state index contributed by atoms with van der Waals surface area (Å²) < 4.78 is 33.1. The molecule has 1 heterocycles. The van der Waals surface area contributed by atoms with E-state index in [0.717, 1.165) is 12.0 Å². The molecule has 1 rings (SSSR count). The minimum atomic E-state index is -3.25. The Morgan fingerprint density at radius 2 is 2.17 bits per heavy atom. The number of rotatable bonds is 6. The third kappa shape index (κ3) is 4.75. The van der Waals surface area contributed by atoms with Gasteiger partial charge in [-0.3, -0.25) is 4.79 Å². The van der Waals surface area contributed by atoms with Crippen LogP contribution in [0.5, 0.6) is 0 Å². The number of methoxy groups -OCH3 is 1. The third-order valence-corrected chi connectivity index (χ3v) is 5.20. The van der Waals surface area contributed by atoms with Gasteiger partial charge in [-0.1, -0.05) is 0 Å². The van der Waals surface area contributed by atoms with Crippen LogP contribution in [0, 0.1) is 0 Å². The first-order valence-corrected chi connectivity index (χ1v) is 8.70. The van der Waals surface area contributed by atoms with Gasteiger partial charge in [-0.2, -0.15) is 11.8 Å². The SMILES string of the molecule is COCCOCC(=O)N1CCSCC1S(C)(=O)=O. The fourth-order valence-corrected chi connectivity index (χ4v) is 4.44. The molecule has 6 nitrogen and oxygen atoms in total. The number of carbonyl (C=O) groups is 1. The lowest BCUT2D eigenvalue weighted by Gasteiger charge is -2.33. The van der Waals surface area contributed by atoms with E-state index in [1.807, 2.05) is 0 Å². The predicted molar refractivity (Wildman–Crippen MR) is 70.4 cm³/mol. The molecule has 0 spiro atoms. The van der Waals surface area contributed by atoms with Gasteiger partial charge < -0.3 is 14.4 Å². The normalized spacial score (nSPS) is 21.0. The lowest BCUT2D eigenvalue weighted by Crippen LogP contribution is -2.51. The second kappa shape index (κ2) is 7.32. The van der Waals surface area contributed by atoms with E-state index in [1.54, 1.807) is 18.9 Å². The van der Waals surface area contributed by atoms with E-state index >= 15 is 0 Å². The highest BCUT2D eigenvalue weighted by Gasteiger charge is 2.33. The molecule has 1 aliphatic rings. The highest BCUT2D eigenvalue weighted by molar-refractivity contribution is 8.00. The summed E-state index contributed by atoms with van der Waals surface area (Å²) in [7, 11) is -1.70. The Labute approximate surface area is 112 Å². The Kier molecular flexibility index (Phi) is 6.40. The maximum atomic E-state index is 11.9. The molecule has 1 amide bonds. The van der Waals surface area contributed by atoms with Gasteiger partial charge >= 0.3 is 0 Å². The molecule has 18 heavy (non-hydrogen) atoms. The Balaban J connectivity index is 2.53. The highest BCUT2D eigenvalue weighted by atomic mass is 32.2. The van der Waals surface area contributed by atoms with Crippen LogP contribution in [0.2, 0.25) is 0 Å². The maximum Gasteiger partial charge on any atom is 0.249 e. The molecule has 0 radical (unpaired) electrons. The van der Waals surface area contributed by atoms with Crippen molar-refractivity contribution in [1.29, 1.82) is 0 Å². The van der Waals surface area contributed by atoms with Gasteiger partial charge in [0.2, 0.25) is 5.91 Å². The second-order valence-corrected chi connectivity index (χ2v) is 7.34. The number of amides is 1. The van der Waals surface area contributed by atoms with Crippen molar-refractivity contribution in [2.75, 3.05) is 51.2 Å². The number of sulfone groups is 1. The molecule has 1 atom stereocenters. The first kappa shape index (κ1) is 15.7. The highest BCUT2D eigenvalue weighted by Crippen LogP contribution is 2.20. The molecule has 0 aromatic carbocycles. The Morgan fingerprint density at radius 1 is 1.44 bits per heavy atom. The summed E-state index contributed by atoms with van der Waals surface area (Å²) in [5.74, 6) is 0.917. The van der Waals surface area contributed by atoms with Gasteiger partial charge in [0.05, 0.1) is 13.2 Å². The van der Waals surface area contributed by atoms with E-state index in [4.69, 9.17) is 9.47 Å². The number of carbonyl (C=O) groups excluding carboxylic acids is 1. The summed E-state index contributed by atoms with van der Waals surface area (Å²) in [6, 6.07) is 0. The zero-order chi connectivity index (χ0) is 13.6. The van der Waals surface area contributed by atoms with Crippen molar-refractivity contribution in [3.05, 3.63) is 0 Å². The van der Waals surface area contributed by atoms with Crippen LogP contribution >= 0.6 is 11.8 Å². The van der Waals surface area contributed by atoms with E-state index in [2.05, 4.69) is 0 Å². The van der Waals surface area contributed by atoms with Crippen LogP contribution in [0.25, 0.3) is 0 Å². The molecule has 1 fully saturated rings. The van der Waals surface area contributed by atoms with Crippen molar-refractivity contribution in [2.45, 2.75) is 5.37 Å². The van der Waals surface area contributed by atoms with Crippen LogP contribution in [-0.4, -0.2) is 75.8 Å². The molecule has 0 saturated carbocycles. The van der Waals surface area contributed by atoms with E-state index in [9.17, 15) is 13.2 Å². The molecular weight excluding hydrogens is 278 g/mol. The van der Waals surface area contributed by atoms with Gasteiger partial charge in [-0.25, -0.2) is 8.42 Å². The number of thioether (sulfide) groups is 1. The Bertz CT molecular complexity index is 370. The average molecular weight is 297 g/mol. The lowest BCUT2D eigenvalue weighted by atomic mass is 10.4. The van der Waals surface area contributed by atoms with Crippen molar-refractivity contribution in [1.82, 2.24) is 4.90 Å². The van der Waals surface area contributed by atoms with Crippen molar-refractivity contribution in [3.63, 3.8) is 0 Å². The minimum absolute atomic E-state index is 0.0972. The van der Waals surface area contributed by atoms with Crippen molar-refractivity contribution in [3.8, 4) is 0 Å². The summed E-state index contributed by atoms with van der Waals surface area (Å²) in [5, 5.41) is -0.727. The van der Waals surface area contributed by atoms with Crippen LogP contribution in [0.4, 0.5) is 0 Å². The molecule has 8 heteroatoms. The second-order valence-electron chi connectivity index (χ2n) is 3.99. The Morgan fingerprint density at radius 3 is 2.78 bits per heavy atom. The predicted octanol–water partition coefficient (Wildman–Crippen LogP) is -0.404. The lowest BCUT2D eigenvalue weighted by molar-refractivity contribution is -0.136.